The van der Waals surface area contributed by atoms with Gasteiger partial charge < -0.3 is 10.1 Å². The molecular formula is C28H27N3O3S. The van der Waals surface area contributed by atoms with E-state index >= 15 is 0 Å². The van der Waals surface area contributed by atoms with Gasteiger partial charge in [-0.25, -0.2) is 4.98 Å². The number of thioether (sulfide) groups is 1. The maximum absolute atomic E-state index is 13.3. The number of para-hydroxylation sites is 2. The van der Waals surface area contributed by atoms with E-state index in [4.69, 9.17) is 9.72 Å². The molecule has 0 saturated carbocycles. The number of benzene rings is 3. The minimum Gasteiger partial charge on any atom is -0.493 e. The number of hydrogen-bond donors (Lipinski definition) is 1. The Kier molecular flexibility index (Phi) is 7.14. The summed E-state index contributed by atoms with van der Waals surface area (Å²) in [5.74, 6) is 0.915. The van der Waals surface area contributed by atoms with Gasteiger partial charge in [-0.05, 0) is 36.6 Å². The lowest BCUT2D eigenvalue weighted by Crippen LogP contribution is -2.33. The molecule has 1 unspecified atom stereocenters. The molecule has 1 aliphatic heterocycles. The number of amides is 1. The molecule has 0 saturated heterocycles. The number of aryl methyl sites for hydroxylation is 1. The fraction of sp³-hybridized carbons (Fsp3) is 0.250. The number of nitrogens with zero attached hydrogens (tertiary/aromatic N) is 2. The molecule has 0 radical (unpaired) electrons. The van der Waals surface area contributed by atoms with Gasteiger partial charge in [-0.15, -0.1) is 0 Å². The monoisotopic (exact) mass is 485 g/mol. The average Bonchev–Trinajstić information content (AvgIpc) is 2.90. The van der Waals surface area contributed by atoms with Crippen molar-refractivity contribution in [1.82, 2.24) is 14.9 Å². The summed E-state index contributed by atoms with van der Waals surface area (Å²) in [4.78, 5) is 30.9. The van der Waals surface area contributed by atoms with Gasteiger partial charge >= 0.3 is 0 Å². The summed E-state index contributed by atoms with van der Waals surface area (Å²) >= 11 is 1.31. The first-order valence-electron chi connectivity index (χ1n) is 11.9. The van der Waals surface area contributed by atoms with E-state index in [0.29, 0.717) is 29.2 Å². The summed E-state index contributed by atoms with van der Waals surface area (Å²) in [6.45, 7) is 1.12. The van der Waals surface area contributed by atoms with E-state index in [9.17, 15) is 9.59 Å². The minimum absolute atomic E-state index is 0.0649. The molecule has 1 amide bonds. The van der Waals surface area contributed by atoms with Crippen LogP contribution in [0.2, 0.25) is 0 Å². The Hall–Kier alpha value is -3.58. The van der Waals surface area contributed by atoms with Gasteiger partial charge in [0.25, 0.3) is 5.56 Å². The third-order valence-corrected chi connectivity index (χ3v) is 7.12. The van der Waals surface area contributed by atoms with Crippen LogP contribution in [0.1, 0.15) is 30.0 Å². The lowest BCUT2D eigenvalue weighted by atomic mass is 10.0. The first kappa shape index (κ1) is 23.2. The Morgan fingerprint density at radius 1 is 1.03 bits per heavy atom. The Morgan fingerprint density at radius 3 is 2.69 bits per heavy atom. The lowest BCUT2D eigenvalue weighted by Gasteiger charge is -2.26. The van der Waals surface area contributed by atoms with Gasteiger partial charge in [0, 0.05) is 18.5 Å². The van der Waals surface area contributed by atoms with Crippen LogP contribution in [0.4, 0.5) is 0 Å². The van der Waals surface area contributed by atoms with Gasteiger partial charge in [0.05, 0.1) is 29.3 Å². The quantitative estimate of drug-likeness (QED) is 0.288. The van der Waals surface area contributed by atoms with Crippen molar-refractivity contribution in [3.05, 3.63) is 100 Å². The van der Waals surface area contributed by atoms with Crippen molar-refractivity contribution in [2.24, 2.45) is 0 Å². The third kappa shape index (κ3) is 5.41. The van der Waals surface area contributed by atoms with Gasteiger partial charge in [-0.3, -0.25) is 14.2 Å². The minimum atomic E-state index is -0.0880. The molecule has 6 nitrogen and oxygen atoms in total. The molecule has 1 aromatic heterocycles. The number of nitrogens with one attached hydrogen (secondary N) is 1. The summed E-state index contributed by atoms with van der Waals surface area (Å²) in [6, 6.07) is 25.3. The van der Waals surface area contributed by atoms with Crippen molar-refractivity contribution >= 4 is 28.6 Å². The summed E-state index contributed by atoms with van der Waals surface area (Å²) in [5, 5.41) is 4.30. The molecule has 0 fully saturated rings. The Labute approximate surface area is 208 Å². The van der Waals surface area contributed by atoms with Gasteiger partial charge in [0.15, 0.2) is 5.16 Å². The normalized spacial score (nSPS) is 14.8. The van der Waals surface area contributed by atoms with Crippen molar-refractivity contribution in [2.75, 3.05) is 12.4 Å². The molecule has 3 aromatic carbocycles. The Morgan fingerprint density at radius 2 is 1.80 bits per heavy atom. The smallest absolute Gasteiger partial charge is 0.262 e. The van der Waals surface area contributed by atoms with E-state index < -0.39 is 0 Å². The number of ether oxygens (including phenoxy) is 1. The molecular weight excluding hydrogens is 458 g/mol. The van der Waals surface area contributed by atoms with E-state index in [2.05, 4.69) is 17.4 Å². The Bertz CT molecular complexity index is 1390. The molecule has 0 bridgehead atoms. The molecule has 178 valence electrons. The van der Waals surface area contributed by atoms with Crippen LogP contribution >= 0.6 is 11.8 Å². The highest BCUT2D eigenvalue weighted by Crippen LogP contribution is 2.31. The van der Waals surface area contributed by atoms with Crippen LogP contribution in [0.5, 0.6) is 5.75 Å². The highest BCUT2D eigenvalue weighted by Gasteiger charge is 2.23. The molecule has 1 atom stereocenters. The van der Waals surface area contributed by atoms with Crippen LogP contribution in [-0.2, 0) is 17.8 Å². The SMILES string of the molecule is O=C(CSc1nc2ccccc2c(=O)n1CCCc1ccccc1)NC1CCOc2ccccc21. The van der Waals surface area contributed by atoms with E-state index in [-0.39, 0.29) is 23.3 Å². The molecule has 2 heterocycles. The van der Waals surface area contributed by atoms with Crippen LogP contribution in [0.3, 0.4) is 0 Å². The molecule has 4 aromatic rings. The summed E-state index contributed by atoms with van der Waals surface area (Å²) in [5.41, 5.74) is 2.82. The van der Waals surface area contributed by atoms with E-state index in [1.54, 1.807) is 4.57 Å². The average molecular weight is 486 g/mol. The van der Waals surface area contributed by atoms with Crippen LogP contribution in [0, 0.1) is 0 Å². The first-order valence-corrected chi connectivity index (χ1v) is 12.8. The largest absolute Gasteiger partial charge is 0.493 e. The van der Waals surface area contributed by atoms with E-state index in [0.717, 1.165) is 30.6 Å². The maximum Gasteiger partial charge on any atom is 0.262 e. The summed E-state index contributed by atoms with van der Waals surface area (Å²) in [7, 11) is 0. The van der Waals surface area contributed by atoms with Crippen LogP contribution in [-0.4, -0.2) is 27.8 Å². The molecule has 0 aliphatic carbocycles. The van der Waals surface area contributed by atoms with E-state index in [1.165, 1.54) is 17.3 Å². The lowest BCUT2D eigenvalue weighted by molar-refractivity contribution is -0.119. The zero-order valence-electron chi connectivity index (χ0n) is 19.4. The van der Waals surface area contributed by atoms with Crippen molar-refractivity contribution < 1.29 is 9.53 Å². The standard InChI is InChI=1S/C28H27N3O3S/c32-26(29-24-16-18-34-25-15-7-5-12-21(24)25)19-35-28-30-23-14-6-4-13-22(23)27(33)31(28)17-8-11-20-9-2-1-3-10-20/h1-7,9-10,12-15,24H,8,11,16-19H2,(H,29,32). The van der Waals surface area contributed by atoms with Gasteiger partial charge in [-0.1, -0.05) is 72.4 Å². The van der Waals surface area contributed by atoms with Crippen LogP contribution in [0.25, 0.3) is 10.9 Å². The van der Waals surface area contributed by atoms with Crippen molar-refractivity contribution in [1.29, 1.82) is 0 Å². The number of carbonyl (C=O) groups is 1. The number of hydrogen-bond acceptors (Lipinski definition) is 5. The maximum atomic E-state index is 13.3. The second-order valence-corrected chi connectivity index (χ2v) is 9.48. The Balaban J connectivity index is 1.31. The summed E-state index contributed by atoms with van der Waals surface area (Å²) < 4.78 is 7.41. The molecule has 35 heavy (non-hydrogen) atoms. The number of rotatable bonds is 8. The summed E-state index contributed by atoms with van der Waals surface area (Å²) in [6.07, 6.45) is 2.41. The van der Waals surface area contributed by atoms with Crippen molar-refractivity contribution in [3.63, 3.8) is 0 Å². The molecule has 0 spiro atoms. The zero-order chi connectivity index (χ0) is 24.0. The van der Waals surface area contributed by atoms with Crippen molar-refractivity contribution in [3.8, 4) is 5.75 Å². The highest BCUT2D eigenvalue weighted by molar-refractivity contribution is 7.99. The number of carbonyl (C=O) groups excluding carboxylic acids is 1. The molecule has 5 rings (SSSR count). The second kappa shape index (κ2) is 10.8. The van der Waals surface area contributed by atoms with Gasteiger partial charge in [-0.2, -0.15) is 0 Å². The predicted molar refractivity (Wildman–Crippen MR) is 139 cm³/mol. The second-order valence-electron chi connectivity index (χ2n) is 8.54. The molecule has 1 N–H and O–H groups in total. The zero-order valence-corrected chi connectivity index (χ0v) is 20.2. The topological polar surface area (TPSA) is 73.2 Å². The molecule has 7 heteroatoms. The van der Waals surface area contributed by atoms with Gasteiger partial charge in [0.1, 0.15) is 5.75 Å². The first-order chi connectivity index (χ1) is 17.2. The fourth-order valence-electron chi connectivity index (χ4n) is 4.40. The van der Waals surface area contributed by atoms with Crippen LogP contribution < -0.4 is 15.6 Å². The van der Waals surface area contributed by atoms with Crippen molar-refractivity contribution in [2.45, 2.75) is 37.0 Å². The van der Waals surface area contributed by atoms with Crippen LogP contribution in [0.15, 0.2) is 88.8 Å². The highest BCUT2D eigenvalue weighted by atomic mass is 32.2. The number of fused-ring (bicyclic) bond motifs is 2. The predicted octanol–water partition coefficient (Wildman–Crippen LogP) is 4.76. The number of aromatic nitrogens is 2. The van der Waals surface area contributed by atoms with Gasteiger partial charge in [0.2, 0.25) is 5.91 Å². The third-order valence-electron chi connectivity index (χ3n) is 6.14. The van der Waals surface area contributed by atoms with E-state index in [1.807, 2.05) is 66.7 Å². The molecule has 1 aliphatic rings. The fourth-order valence-corrected chi connectivity index (χ4v) is 5.24.